The maximum Gasteiger partial charge on any atom is 0.313 e. The van der Waals surface area contributed by atoms with Gasteiger partial charge in [0.15, 0.2) is 0 Å². The molecule has 0 spiro atoms. The third-order valence-corrected chi connectivity index (χ3v) is 3.97. The maximum absolute atomic E-state index is 11.2. The lowest BCUT2D eigenvalue weighted by Crippen LogP contribution is -2.13. The molecule has 0 saturated heterocycles. The second-order valence-electron chi connectivity index (χ2n) is 4.06. The predicted molar refractivity (Wildman–Crippen MR) is 68.0 cm³/mol. The molecule has 0 radical (unpaired) electrons. The van der Waals surface area contributed by atoms with Gasteiger partial charge >= 0.3 is 5.97 Å². The minimum absolute atomic E-state index is 0.175. The van der Waals surface area contributed by atoms with Gasteiger partial charge < -0.3 is 13.9 Å². The Morgan fingerprint density at radius 3 is 2.44 bits per heavy atom. The van der Waals surface area contributed by atoms with Crippen molar-refractivity contribution in [3.05, 3.63) is 0 Å². The van der Waals surface area contributed by atoms with Crippen molar-refractivity contribution in [3.63, 3.8) is 0 Å². The first-order valence-corrected chi connectivity index (χ1v) is 8.13. The molecular weight excluding hydrogens is 252 g/mol. The highest BCUT2D eigenvalue weighted by atomic mass is 28.3. The third-order valence-electron chi connectivity index (χ3n) is 2.27. The number of hydrogen-bond acceptors (Lipinski definition) is 5. The first kappa shape index (κ1) is 17.1. The number of carbonyl (C=O) groups excluding carboxylic acids is 2. The number of rotatable bonds is 11. The van der Waals surface area contributed by atoms with Crippen LogP contribution in [0.25, 0.3) is 0 Å². The summed E-state index contributed by atoms with van der Waals surface area (Å²) in [6.45, 7) is 4.39. The molecule has 0 bridgehead atoms. The van der Waals surface area contributed by atoms with Crippen molar-refractivity contribution in [1.82, 2.24) is 0 Å². The summed E-state index contributed by atoms with van der Waals surface area (Å²) < 4.78 is 21.2. The van der Waals surface area contributed by atoms with Crippen LogP contribution in [0.5, 0.6) is 0 Å². The van der Waals surface area contributed by atoms with Crippen molar-refractivity contribution in [1.29, 1.82) is 0 Å². The minimum atomic E-state index is -1.36. The van der Waals surface area contributed by atoms with Gasteiger partial charge in [-0.25, -0.2) is 0 Å². The van der Waals surface area contributed by atoms with E-state index in [2.05, 4.69) is 0 Å². The molecule has 0 aliphatic carbocycles. The molecule has 0 aromatic carbocycles. The van der Waals surface area contributed by atoms with E-state index in [-0.39, 0.29) is 18.8 Å². The largest absolute Gasteiger partial charge is 0.463 e. The van der Waals surface area contributed by atoms with Gasteiger partial charge in [-0.2, -0.15) is 0 Å². The van der Waals surface area contributed by atoms with Gasteiger partial charge in [-0.3, -0.25) is 9.59 Å². The normalized spacial score (nSPS) is 10.1. The van der Waals surface area contributed by atoms with E-state index in [1.165, 1.54) is 6.92 Å². The summed E-state index contributed by atoms with van der Waals surface area (Å²) in [6, 6.07) is 1.57. The van der Waals surface area contributed by atoms with Gasteiger partial charge in [0.1, 0.15) is 18.8 Å². The molecule has 0 atom stereocenters. The van der Waals surface area contributed by atoms with Crippen molar-refractivity contribution in [2.24, 2.45) is 0 Å². The molecule has 0 aromatic rings. The summed E-state index contributed by atoms with van der Waals surface area (Å²) in [5.41, 5.74) is 0. The molecule has 0 saturated carbocycles. The van der Waals surface area contributed by atoms with Crippen LogP contribution in [0.3, 0.4) is 0 Å². The topological polar surface area (TPSA) is 69.7 Å². The van der Waals surface area contributed by atoms with E-state index in [4.69, 9.17) is 9.47 Å². The molecule has 0 aliphatic heterocycles. The fraction of sp³-hybridized carbons (Fsp3) is 0.833. The Labute approximate surface area is 110 Å². The van der Waals surface area contributed by atoms with Gasteiger partial charge in [0.2, 0.25) is 0 Å². The maximum atomic E-state index is 11.2. The standard InChI is InChI=1S/C12H22O5Si/c1-3-18(15)9-5-4-6-16-7-8-17-12(14)10-11(2)13/h3-10H2,1-2H3. The van der Waals surface area contributed by atoms with Gasteiger partial charge in [-0.05, 0) is 31.9 Å². The van der Waals surface area contributed by atoms with Crippen LogP contribution in [0.2, 0.25) is 12.1 Å². The van der Waals surface area contributed by atoms with Crippen LogP contribution >= 0.6 is 0 Å². The van der Waals surface area contributed by atoms with Crippen molar-refractivity contribution in [3.8, 4) is 0 Å². The Morgan fingerprint density at radius 2 is 1.83 bits per heavy atom. The van der Waals surface area contributed by atoms with Crippen molar-refractivity contribution >= 4 is 20.4 Å². The summed E-state index contributed by atoms with van der Waals surface area (Å²) in [5.74, 6) is -0.709. The SMILES string of the molecule is CC[Si](=O)CCCCOCCOC(=O)CC(C)=O. The molecule has 0 N–H and O–H groups in total. The smallest absolute Gasteiger partial charge is 0.313 e. The van der Waals surface area contributed by atoms with Crippen LogP contribution < -0.4 is 0 Å². The first-order chi connectivity index (χ1) is 8.56. The number of carbonyl (C=O) groups is 2. The van der Waals surface area contributed by atoms with Gasteiger partial charge in [-0.1, -0.05) is 6.92 Å². The van der Waals surface area contributed by atoms with E-state index in [9.17, 15) is 14.1 Å². The molecule has 5 nitrogen and oxygen atoms in total. The minimum Gasteiger partial charge on any atom is -0.463 e. The van der Waals surface area contributed by atoms with Crippen molar-refractivity contribution < 1.29 is 23.5 Å². The lowest BCUT2D eigenvalue weighted by atomic mass is 10.3. The summed E-state index contributed by atoms with van der Waals surface area (Å²) >= 11 is 0. The molecule has 0 heterocycles. The van der Waals surface area contributed by atoms with E-state index in [0.717, 1.165) is 24.9 Å². The van der Waals surface area contributed by atoms with Crippen LogP contribution in [0, 0.1) is 0 Å². The fourth-order valence-corrected chi connectivity index (χ4v) is 2.27. The highest BCUT2D eigenvalue weighted by Crippen LogP contribution is 2.00. The number of esters is 1. The summed E-state index contributed by atoms with van der Waals surface area (Å²) in [6.07, 6.45) is 1.61. The highest BCUT2D eigenvalue weighted by molar-refractivity contribution is 6.42. The summed E-state index contributed by atoms with van der Waals surface area (Å²) in [5, 5.41) is 0. The van der Waals surface area contributed by atoms with Gasteiger partial charge in [0, 0.05) is 6.61 Å². The number of ketones is 1. The zero-order valence-corrected chi connectivity index (χ0v) is 12.2. The summed E-state index contributed by atoms with van der Waals surface area (Å²) in [4.78, 5) is 21.6. The lowest BCUT2D eigenvalue weighted by molar-refractivity contribution is -0.147. The number of ether oxygens (including phenoxy) is 2. The number of hydrogen-bond donors (Lipinski definition) is 0. The lowest BCUT2D eigenvalue weighted by Gasteiger charge is -2.05. The van der Waals surface area contributed by atoms with Crippen LogP contribution in [0.15, 0.2) is 0 Å². The Bertz CT molecular complexity index is 278. The zero-order valence-electron chi connectivity index (χ0n) is 11.2. The summed E-state index contributed by atoms with van der Waals surface area (Å²) in [7, 11) is -1.36. The van der Waals surface area contributed by atoms with Crippen LogP contribution in [0.4, 0.5) is 0 Å². The first-order valence-electron chi connectivity index (χ1n) is 6.30. The van der Waals surface area contributed by atoms with Crippen molar-refractivity contribution in [2.45, 2.75) is 45.2 Å². The Hall–Kier alpha value is -0.883. The van der Waals surface area contributed by atoms with E-state index in [0.29, 0.717) is 13.2 Å². The average Bonchev–Trinajstić information content (AvgIpc) is 2.31. The molecule has 104 valence electrons. The predicted octanol–water partition coefficient (Wildman–Crippen LogP) is 1.75. The van der Waals surface area contributed by atoms with Gasteiger partial charge in [-0.15, -0.1) is 0 Å². The molecular formula is C12H22O5Si. The second kappa shape index (κ2) is 11.2. The fourth-order valence-electron chi connectivity index (χ4n) is 1.27. The Kier molecular flexibility index (Phi) is 10.7. The molecule has 0 rings (SSSR count). The van der Waals surface area contributed by atoms with E-state index >= 15 is 0 Å². The molecule has 0 aromatic heterocycles. The number of unbranched alkanes of at least 4 members (excludes halogenated alkanes) is 1. The molecule has 0 fully saturated rings. The average molecular weight is 274 g/mol. The van der Waals surface area contributed by atoms with E-state index in [1.54, 1.807) is 0 Å². The molecule has 0 unspecified atom stereocenters. The monoisotopic (exact) mass is 274 g/mol. The molecule has 0 amide bonds. The Morgan fingerprint density at radius 1 is 1.11 bits per heavy atom. The number of Topliss-reactive ketones (excluding diaryl/α,β-unsaturated/α-hetero) is 1. The third kappa shape index (κ3) is 11.6. The van der Waals surface area contributed by atoms with E-state index < -0.39 is 14.7 Å². The van der Waals surface area contributed by atoms with E-state index in [1.807, 2.05) is 6.92 Å². The second-order valence-corrected chi connectivity index (χ2v) is 6.35. The zero-order chi connectivity index (χ0) is 13.8. The van der Waals surface area contributed by atoms with Gasteiger partial charge in [0.05, 0.1) is 6.61 Å². The van der Waals surface area contributed by atoms with Crippen molar-refractivity contribution in [2.75, 3.05) is 19.8 Å². The Balaban J connectivity index is 3.23. The van der Waals surface area contributed by atoms with Crippen LogP contribution in [-0.4, -0.2) is 40.3 Å². The highest BCUT2D eigenvalue weighted by Gasteiger charge is 2.05. The van der Waals surface area contributed by atoms with Gasteiger partial charge in [0.25, 0.3) is 8.68 Å². The molecule has 18 heavy (non-hydrogen) atoms. The molecule has 6 heteroatoms. The van der Waals surface area contributed by atoms with Crippen LogP contribution in [0.1, 0.15) is 33.1 Å². The molecule has 0 aliphatic rings. The quantitative estimate of drug-likeness (QED) is 0.248. The van der Waals surface area contributed by atoms with Crippen LogP contribution in [-0.2, 0) is 23.5 Å².